The Kier molecular flexibility index (Phi) is 14.6. The standard InChI is InChI=1S/C15H19NO3.C14H17NO3.C4H8O/c1-12-10-16(9-5-8-14(12)17)15(18)19-11-13-6-3-2-4-7-13;16-13-7-4-9-15(10-8-13)14(17)18-11-12-5-2-1-3-6-12;1-2-4-5-3-1/h2-4,6-7,12H,5,8-11H2,1H3;1-3,5-6H,4,7-11H2;1-4H2. The number of amides is 2. The van der Waals surface area contributed by atoms with Gasteiger partial charge in [0.15, 0.2) is 0 Å². The molecule has 2 amide bonds. The number of benzene rings is 2. The predicted molar refractivity (Wildman–Crippen MR) is 159 cm³/mol. The number of hydrogen-bond donors (Lipinski definition) is 0. The molecule has 0 aliphatic carbocycles. The fourth-order valence-corrected chi connectivity index (χ4v) is 4.66. The van der Waals surface area contributed by atoms with E-state index in [0.717, 1.165) is 37.2 Å². The van der Waals surface area contributed by atoms with Crippen LogP contribution in [-0.2, 0) is 37.0 Å². The van der Waals surface area contributed by atoms with E-state index >= 15 is 0 Å². The molecule has 0 bridgehead atoms. The lowest BCUT2D eigenvalue weighted by atomic mass is 10.0. The van der Waals surface area contributed by atoms with Gasteiger partial charge < -0.3 is 24.0 Å². The molecule has 2 aromatic carbocycles. The number of Topliss-reactive ketones (excluding diaryl/α,β-unsaturated/α-hetero) is 2. The number of ketones is 2. The van der Waals surface area contributed by atoms with Gasteiger partial charge in [0.1, 0.15) is 24.8 Å². The van der Waals surface area contributed by atoms with Gasteiger partial charge in [0.2, 0.25) is 0 Å². The predicted octanol–water partition coefficient (Wildman–Crippen LogP) is 5.80. The topological polar surface area (TPSA) is 102 Å². The minimum atomic E-state index is -0.328. The van der Waals surface area contributed by atoms with Crippen molar-refractivity contribution < 1.29 is 33.4 Å². The molecule has 1 unspecified atom stereocenters. The first kappa shape index (κ1) is 32.8. The van der Waals surface area contributed by atoms with E-state index in [4.69, 9.17) is 14.2 Å². The molecular weight excluding hydrogens is 536 g/mol. The van der Waals surface area contributed by atoms with Crippen LogP contribution in [0, 0.1) is 5.92 Å². The van der Waals surface area contributed by atoms with E-state index in [-0.39, 0.29) is 42.9 Å². The van der Waals surface area contributed by atoms with Gasteiger partial charge in [-0.05, 0) is 36.8 Å². The Morgan fingerprint density at radius 2 is 1.24 bits per heavy atom. The van der Waals surface area contributed by atoms with Gasteiger partial charge >= 0.3 is 12.2 Å². The first-order chi connectivity index (χ1) is 20.4. The zero-order valence-electron chi connectivity index (χ0n) is 24.7. The number of nitrogens with zero attached hydrogens (tertiary/aromatic N) is 2. The van der Waals surface area contributed by atoms with E-state index in [1.807, 2.05) is 67.6 Å². The van der Waals surface area contributed by atoms with Crippen LogP contribution in [0.25, 0.3) is 0 Å². The molecule has 42 heavy (non-hydrogen) atoms. The molecule has 3 aliphatic rings. The van der Waals surface area contributed by atoms with E-state index in [2.05, 4.69) is 0 Å². The summed E-state index contributed by atoms with van der Waals surface area (Å²) in [4.78, 5) is 49.9. The summed E-state index contributed by atoms with van der Waals surface area (Å²) < 4.78 is 15.5. The normalized spacial score (nSPS) is 18.8. The fourth-order valence-electron chi connectivity index (χ4n) is 4.66. The summed E-state index contributed by atoms with van der Waals surface area (Å²) in [6, 6.07) is 19.2. The highest BCUT2D eigenvalue weighted by Gasteiger charge is 2.25. The maximum absolute atomic E-state index is 12.0. The second kappa shape index (κ2) is 18.7. The van der Waals surface area contributed by atoms with Crippen molar-refractivity contribution in [1.82, 2.24) is 9.80 Å². The number of carbonyl (C=O) groups is 4. The van der Waals surface area contributed by atoms with Gasteiger partial charge in [-0.1, -0.05) is 67.6 Å². The average Bonchev–Trinajstić information content (AvgIpc) is 3.48. The summed E-state index contributed by atoms with van der Waals surface area (Å²) in [6.07, 6.45) is 4.94. The fraction of sp³-hybridized carbons (Fsp3) is 0.515. The van der Waals surface area contributed by atoms with Crippen LogP contribution < -0.4 is 0 Å². The van der Waals surface area contributed by atoms with Crippen molar-refractivity contribution in [1.29, 1.82) is 0 Å². The Morgan fingerprint density at radius 1 is 0.714 bits per heavy atom. The zero-order chi connectivity index (χ0) is 30.0. The summed E-state index contributed by atoms with van der Waals surface area (Å²) in [5.74, 6) is 0.374. The molecule has 0 spiro atoms. The lowest BCUT2D eigenvalue weighted by Crippen LogP contribution is -2.35. The van der Waals surface area contributed by atoms with E-state index in [9.17, 15) is 19.2 Å². The molecule has 3 saturated heterocycles. The van der Waals surface area contributed by atoms with Gasteiger partial charge in [0.25, 0.3) is 0 Å². The summed E-state index contributed by atoms with van der Waals surface area (Å²) in [5.41, 5.74) is 1.94. The number of hydrogen-bond acceptors (Lipinski definition) is 7. The van der Waals surface area contributed by atoms with Crippen molar-refractivity contribution in [3.05, 3.63) is 71.8 Å². The van der Waals surface area contributed by atoms with Crippen LogP contribution >= 0.6 is 0 Å². The lowest BCUT2D eigenvalue weighted by Gasteiger charge is -2.21. The van der Waals surface area contributed by atoms with Gasteiger partial charge in [-0.2, -0.15) is 0 Å². The number of likely N-dealkylation sites (tertiary alicyclic amines) is 2. The Hall–Kier alpha value is -3.72. The van der Waals surface area contributed by atoms with Crippen molar-refractivity contribution in [3.63, 3.8) is 0 Å². The molecule has 0 aromatic heterocycles. The number of ether oxygens (including phenoxy) is 3. The van der Waals surface area contributed by atoms with E-state index in [1.165, 1.54) is 12.8 Å². The van der Waals surface area contributed by atoms with Crippen molar-refractivity contribution in [2.24, 2.45) is 5.92 Å². The molecule has 9 nitrogen and oxygen atoms in total. The molecule has 5 rings (SSSR count). The summed E-state index contributed by atoms with van der Waals surface area (Å²) in [6.45, 7) is 6.58. The molecular formula is C33H44N2O7. The molecule has 0 N–H and O–H groups in total. The first-order valence-electron chi connectivity index (χ1n) is 15.0. The highest BCUT2D eigenvalue weighted by Crippen LogP contribution is 2.14. The molecule has 1 atom stereocenters. The zero-order valence-corrected chi connectivity index (χ0v) is 24.7. The summed E-state index contributed by atoms with van der Waals surface area (Å²) in [5, 5.41) is 0. The molecule has 2 aromatic rings. The monoisotopic (exact) mass is 580 g/mol. The summed E-state index contributed by atoms with van der Waals surface area (Å²) in [7, 11) is 0. The van der Waals surface area contributed by atoms with E-state index in [0.29, 0.717) is 45.4 Å². The van der Waals surface area contributed by atoms with E-state index in [1.54, 1.807) is 9.80 Å². The van der Waals surface area contributed by atoms with Crippen LogP contribution in [0.2, 0.25) is 0 Å². The molecule has 0 saturated carbocycles. The Balaban J connectivity index is 0.000000198. The van der Waals surface area contributed by atoms with Gasteiger partial charge in [-0.3, -0.25) is 9.59 Å². The third kappa shape index (κ3) is 12.4. The van der Waals surface area contributed by atoms with Crippen molar-refractivity contribution >= 4 is 23.8 Å². The maximum atomic E-state index is 12.0. The van der Waals surface area contributed by atoms with Crippen LogP contribution in [0.1, 0.15) is 63.0 Å². The first-order valence-corrected chi connectivity index (χ1v) is 15.0. The maximum Gasteiger partial charge on any atom is 0.410 e. The van der Waals surface area contributed by atoms with Crippen LogP contribution in [-0.4, -0.2) is 72.9 Å². The summed E-state index contributed by atoms with van der Waals surface area (Å²) >= 11 is 0. The smallest absolute Gasteiger partial charge is 0.410 e. The molecule has 0 radical (unpaired) electrons. The second-order valence-corrected chi connectivity index (χ2v) is 10.7. The third-order valence-electron chi connectivity index (χ3n) is 7.19. The Labute approximate surface area is 249 Å². The Bertz CT molecular complexity index is 1100. The lowest BCUT2D eigenvalue weighted by molar-refractivity contribution is -0.122. The third-order valence-corrected chi connectivity index (χ3v) is 7.19. The number of carbonyl (C=O) groups excluding carboxylic acids is 4. The highest BCUT2D eigenvalue weighted by atomic mass is 16.6. The van der Waals surface area contributed by atoms with Gasteiger partial charge in [0.05, 0.1) is 0 Å². The van der Waals surface area contributed by atoms with Crippen molar-refractivity contribution in [2.45, 2.75) is 65.1 Å². The van der Waals surface area contributed by atoms with Gasteiger partial charge in [0, 0.05) is 64.6 Å². The minimum Gasteiger partial charge on any atom is -0.445 e. The average molecular weight is 581 g/mol. The van der Waals surface area contributed by atoms with E-state index < -0.39 is 0 Å². The number of rotatable bonds is 4. The van der Waals surface area contributed by atoms with Crippen LogP contribution in [0.3, 0.4) is 0 Å². The van der Waals surface area contributed by atoms with Crippen LogP contribution in [0.5, 0.6) is 0 Å². The second-order valence-electron chi connectivity index (χ2n) is 10.7. The minimum absolute atomic E-state index is 0.0909. The molecule has 228 valence electrons. The van der Waals surface area contributed by atoms with Gasteiger partial charge in [-0.15, -0.1) is 0 Å². The molecule has 3 aliphatic heterocycles. The largest absolute Gasteiger partial charge is 0.445 e. The van der Waals surface area contributed by atoms with Crippen molar-refractivity contribution in [3.8, 4) is 0 Å². The quantitative estimate of drug-likeness (QED) is 0.450. The highest BCUT2D eigenvalue weighted by molar-refractivity contribution is 5.82. The van der Waals surface area contributed by atoms with Crippen molar-refractivity contribution in [2.75, 3.05) is 39.4 Å². The SMILES string of the molecule is C1CCOC1.CC1CN(C(=O)OCc2ccccc2)CCCC1=O.O=C1CCCN(C(=O)OCc2ccccc2)CC1. The molecule has 3 heterocycles. The Morgan fingerprint density at radius 3 is 1.79 bits per heavy atom. The van der Waals surface area contributed by atoms with Gasteiger partial charge in [-0.25, -0.2) is 9.59 Å². The molecule has 9 heteroatoms. The molecule has 3 fully saturated rings. The van der Waals surface area contributed by atoms with Crippen LogP contribution in [0.15, 0.2) is 60.7 Å². The van der Waals surface area contributed by atoms with Crippen LogP contribution in [0.4, 0.5) is 9.59 Å².